The number of nitrogen functional groups attached to an aromatic ring is 1. The Bertz CT molecular complexity index is 484. The first-order chi connectivity index (χ1) is 9.70. The highest BCUT2D eigenvalue weighted by molar-refractivity contribution is 5.94. The molecule has 1 aliphatic heterocycles. The van der Waals surface area contributed by atoms with E-state index in [0.29, 0.717) is 42.7 Å². The number of benzene rings is 1. The van der Waals surface area contributed by atoms with Gasteiger partial charge in [-0.15, -0.1) is 12.4 Å². The van der Waals surface area contributed by atoms with Crippen molar-refractivity contribution in [3.63, 3.8) is 0 Å². The number of nitrogens with two attached hydrogens (primary N) is 1. The molecule has 8 heteroatoms. The zero-order valence-corrected chi connectivity index (χ0v) is 12.5. The number of amides is 1. The Kier molecular flexibility index (Phi) is 7.07. The van der Waals surface area contributed by atoms with Gasteiger partial charge in [-0.2, -0.15) is 0 Å². The van der Waals surface area contributed by atoms with Crippen molar-refractivity contribution < 1.29 is 23.7 Å². The van der Waals surface area contributed by atoms with E-state index in [-0.39, 0.29) is 31.5 Å². The molecule has 21 heavy (non-hydrogen) atoms. The quantitative estimate of drug-likeness (QED) is 0.583. The van der Waals surface area contributed by atoms with Crippen molar-refractivity contribution in [2.75, 3.05) is 44.8 Å². The molecule has 7 nitrogen and oxygen atoms in total. The largest absolute Gasteiger partial charge is 0.454 e. The molecule has 0 radical (unpaired) electrons. The van der Waals surface area contributed by atoms with Crippen LogP contribution in [0.3, 0.4) is 0 Å². The summed E-state index contributed by atoms with van der Waals surface area (Å²) < 4.78 is 20.5. The SMILES string of the molecule is COCCOCCC(=O)Nc1cc2c(cc1N)OCO2.Cl. The molecule has 0 saturated heterocycles. The van der Waals surface area contributed by atoms with Gasteiger partial charge < -0.3 is 30.0 Å². The molecule has 1 aliphatic rings. The number of fused-ring (bicyclic) bond motifs is 1. The lowest BCUT2D eigenvalue weighted by atomic mass is 10.2. The second-order valence-electron chi connectivity index (χ2n) is 4.20. The molecule has 0 saturated carbocycles. The van der Waals surface area contributed by atoms with Crippen molar-refractivity contribution in [2.24, 2.45) is 0 Å². The number of carbonyl (C=O) groups excluding carboxylic acids is 1. The van der Waals surface area contributed by atoms with E-state index in [0.717, 1.165) is 0 Å². The van der Waals surface area contributed by atoms with Crippen molar-refractivity contribution in [3.8, 4) is 11.5 Å². The zero-order chi connectivity index (χ0) is 14.4. The fraction of sp³-hybridized carbons (Fsp3) is 0.462. The van der Waals surface area contributed by atoms with Gasteiger partial charge in [0.25, 0.3) is 0 Å². The van der Waals surface area contributed by atoms with Gasteiger partial charge in [0.2, 0.25) is 12.7 Å². The van der Waals surface area contributed by atoms with E-state index in [2.05, 4.69) is 5.32 Å². The Morgan fingerprint density at radius 2 is 2.00 bits per heavy atom. The number of methoxy groups -OCH3 is 1. The Morgan fingerprint density at radius 3 is 2.71 bits per heavy atom. The summed E-state index contributed by atoms with van der Waals surface area (Å²) >= 11 is 0. The molecule has 0 bridgehead atoms. The van der Waals surface area contributed by atoms with Crippen LogP contribution in [0.15, 0.2) is 12.1 Å². The van der Waals surface area contributed by atoms with Crippen LogP contribution < -0.4 is 20.5 Å². The minimum atomic E-state index is -0.173. The van der Waals surface area contributed by atoms with Gasteiger partial charge in [-0.05, 0) is 0 Å². The van der Waals surface area contributed by atoms with E-state index in [9.17, 15) is 4.79 Å². The van der Waals surface area contributed by atoms with E-state index in [1.807, 2.05) is 0 Å². The van der Waals surface area contributed by atoms with Crippen LogP contribution >= 0.6 is 12.4 Å². The lowest BCUT2D eigenvalue weighted by Gasteiger charge is -2.09. The van der Waals surface area contributed by atoms with E-state index in [1.54, 1.807) is 19.2 Å². The minimum Gasteiger partial charge on any atom is -0.454 e. The van der Waals surface area contributed by atoms with Crippen molar-refractivity contribution in [2.45, 2.75) is 6.42 Å². The lowest BCUT2D eigenvalue weighted by molar-refractivity contribution is -0.117. The first-order valence-corrected chi connectivity index (χ1v) is 6.26. The van der Waals surface area contributed by atoms with Crippen LogP contribution in [0.25, 0.3) is 0 Å². The maximum absolute atomic E-state index is 11.7. The molecule has 1 aromatic rings. The average Bonchev–Trinajstić information content (AvgIpc) is 2.86. The summed E-state index contributed by atoms with van der Waals surface area (Å²) in [5, 5.41) is 2.72. The number of hydrogen-bond donors (Lipinski definition) is 2. The van der Waals surface area contributed by atoms with Crippen LogP contribution in [0.4, 0.5) is 11.4 Å². The number of ether oxygens (including phenoxy) is 4. The average molecular weight is 319 g/mol. The van der Waals surface area contributed by atoms with Crippen molar-refractivity contribution in [3.05, 3.63) is 12.1 Å². The summed E-state index contributed by atoms with van der Waals surface area (Å²) in [5.41, 5.74) is 6.78. The second kappa shape index (κ2) is 8.56. The highest BCUT2D eigenvalue weighted by Gasteiger charge is 2.17. The molecule has 0 spiro atoms. The normalized spacial score (nSPS) is 11.9. The second-order valence-corrected chi connectivity index (χ2v) is 4.20. The topological polar surface area (TPSA) is 92.0 Å². The fourth-order valence-electron chi connectivity index (χ4n) is 1.69. The van der Waals surface area contributed by atoms with Gasteiger partial charge in [-0.25, -0.2) is 0 Å². The number of hydrogen-bond acceptors (Lipinski definition) is 6. The number of halogens is 1. The third-order valence-electron chi connectivity index (χ3n) is 2.72. The molecule has 0 atom stereocenters. The highest BCUT2D eigenvalue weighted by atomic mass is 35.5. The predicted octanol–water partition coefficient (Wildman–Crippen LogP) is 1.41. The van der Waals surface area contributed by atoms with E-state index in [1.165, 1.54) is 0 Å². The van der Waals surface area contributed by atoms with Crippen molar-refractivity contribution in [1.82, 2.24) is 0 Å². The van der Waals surface area contributed by atoms with Crippen LogP contribution in [0, 0.1) is 0 Å². The van der Waals surface area contributed by atoms with Gasteiger partial charge in [0.15, 0.2) is 11.5 Å². The van der Waals surface area contributed by atoms with Gasteiger partial charge in [0.05, 0.1) is 37.6 Å². The van der Waals surface area contributed by atoms with E-state index in [4.69, 9.17) is 24.7 Å². The fourth-order valence-corrected chi connectivity index (χ4v) is 1.69. The molecule has 0 aromatic heterocycles. The Morgan fingerprint density at radius 1 is 1.29 bits per heavy atom. The zero-order valence-electron chi connectivity index (χ0n) is 11.7. The Hall–Kier alpha value is -1.70. The summed E-state index contributed by atoms with van der Waals surface area (Å²) in [5.74, 6) is 0.988. The summed E-state index contributed by atoms with van der Waals surface area (Å²) in [6.45, 7) is 1.48. The summed E-state index contributed by atoms with van der Waals surface area (Å²) in [6.07, 6.45) is 0.248. The minimum absolute atomic E-state index is 0. The molecule has 118 valence electrons. The molecule has 1 heterocycles. The third-order valence-corrected chi connectivity index (χ3v) is 2.72. The van der Waals surface area contributed by atoms with Gasteiger partial charge >= 0.3 is 0 Å². The number of nitrogens with one attached hydrogen (secondary N) is 1. The van der Waals surface area contributed by atoms with E-state index < -0.39 is 0 Å². The molecule has 0 fully saturated rings. The van der Waals surface area contributed by atoms with Gasteiger partial charge in [0, 0.05) is 19.2 Å². The van der Waals surface area contributed by atoms with Crippen LogP contribution in [-0.2, 0) is 14.3 Å². The molecule has 0 aliphatic carbocycles. The Balaban J connectivity index is 0.00000220. The predicted molar refractivity (Wildman–Crippen MR) is 80.2 cm³/mol. The maximum Gasteiger partial charge on any atom is 0.231 e. The van der Waals surface area contributed by atoms with Gasteiger partial charge in [-0.1, -0.05) is 0 Å². The first-order valence-electron chi connectivity index (χ1n) is 6.26. The van der Waals surface area contributed by atoms with Gasteiger partial charge in [0.1, 0.15) is 0 Å². The van der Waals surface area contributed by atoms with Crippen molar-refractivity contribution >= 4 is 29.7 Å². The number of anilines is 2. The van der Waals surface area contributed by atoms with Crippen LogP contribution in [0.2, 0.25) is 0 Å². The van der Waals surface area contributed by atoms with Crippen LogP contribution in [-0.4, -0.2) is 39.6 Å². The molecule has 1 amide bonds. The first kappa shape index (κ1) is 17.4. The molecular weight excluding hydrogens is 300 g/mol. The van der Waals surface area contributed by atoms with Crippen LogP contribution in [0.5, 0.6) is 11.5 Å². The summed E-state index contributed by atoms with van der Waals surface area (Å²) in [6, 6.07) is 3.29. The maximum atomic E-state index is 11.7. The molecule has 0 unspecified atom stereocenters. The van der Waals surface area contributed by atoms with E-state index >= 15 is 0 Å². The molecule has 3 N–H and O–H groups in total. The van der Waals surface area contributed by atoms with Crippen molar-refractivity contribution in [1.29, 1.82) is 0 Å². The summed E-state index contributed by atoms with van der Waals surface area (Å²) in [4.78, 5) is 11.7. The monoisotopic (exact) mass is 318 g/mol. The standard InChI is InChI=1S/C13H18N2O5.ClH/c1-17-4-5-18-3-2-13(16)15-10-7-12-11(6-9(10)14)19-8-20-12;/h6-7H,2-5,8,14H2,1H3,(H,15,16);1H. The highest BCUT2D eigenvalue weighted by Crippen LogP contribution is 2.38. The Labute approximate surface area is 129 Å². The molecule has 1 aromatic carbocycles. The number of carbonyl (C=O) groups is 1. The third kappa shape index (κ3) is 4.96. The van der Waals surface area contributed by atoms with Gasteiger partial charge in [-0.3, -0.25) is 4.79 Å². The smallest absolute Gasteiger partial charge is 0.231 e. The number of rotatable bonds is 7. The molecule has 2 rings (SSSR count). The summed E-state index contributed by atoms with van der Waals surface area (Å²) in [7, 11) is 1.60. The van der Waals surface area contributed by atoms with Crippen LogP contribution in [0.1, 0.15) is 6.42 Å². The lowest BCUT2D eigenvalue weighted by Crippen LogP contribution is -2.16. The molecular formula is C13H19ClN2O5.